The number of azide groups is 1. The van der Waals surface area contributed by atoms with E-state index in [0.717, 1.165) is 0 Å². The molecule has 0 heterocycles. The van der Waals surface area contributed by atoms with Crippen LogP contribution in [0.5, 0.6) is 0 Å². The third-order valence-electron chi connectivity index (χ3n) is 2.27. The Kier molecular flexibility index (Phi) is 3.53. The largest absolute Gasteiger partial charge is 0.465 e. The number of hydrogen-bond donors (Lipinski definition) is 2. The van der Waals surface area contributed by atoms with Crippen molar-refractivity contribution in [1.82, 2.24) is 5.32 Å². The number of carboxylic acid groups (broad SMARTS) is 1. The second kappa shape index (κ2) is 4.66. The minimum Gasteiger partial charge on any atom is -0.465 e. The van der Waals surface area contributed by atoms with Crippen LogP contribution in [0.25, 0.3) is 10.4 Å². The molecular formula is C7H11FN4O2. The fraction of sp³-hybridized carbons (Fsp3) is 0.857. The number of hydrogen-bond acceptors (Lipinski definition) is 2. The van der Waals surface area contributed by atoms with Gasteiger partial charge in [-0.15, -0.1) is 0 Å². The van der Waals surface area contributed by atoms with Gasteiger partial charge < -0.3 is 10.4 Å². The summed E-state index contributed by atoms with van der Waals surface area (Å²) in [6.45, 7) is 0. The highest BCUT2D eigenvalue weighted by Crippen LogP contribution is 2.24. The lowest BCUT2D eigenvalue weighted by atomic mass is 9.90. The molecule has 0 aromatic carbocycles. The highest BCUT2D eigenvalue weighted by atomic mass is 19.1. The van der Waals surface area contributed by atoms with Crippen molar-refractivity contribution in [2.24, 2.45) is 5.11 Å². The van der Waals surface area contributed by atoms with Gasteiger partial charge in [0, 0.05) is 11.0 Å². The summed E-state index contributed by atoms with van der Waals surface area (Å²) in [4.78, 5) is 12.9. The van der Waals surface area contributed by atoms with Crippen LogP contribution in [-0.2, 0) is 0 Å². The number of rotatable bonds is 2. The summed E-state index contributed by atoms with van der Waals surface area (Å²) in [6, 6.07) is -1.01. The second-order valence-electron chi connectivity index (χ2n) is 3.24. The molecule has 0 saturated heterocycles. The van der Waals surface area contributed by atoms with Crippen molar-refractivity contribution >= 4 is 6.09 Å². The third-order valence-corrected chi connectivity index (χ3v) is 2.27. The number of carbonyl (C=O) groups is 1. The van der Waals surface area contributed by atoms with Crippen LogP contribution >= 0.6 is 0 Å². The van der Waals surface area contributed by atoms with Crippen molar-refractivity contribution in [1.29, 1.82) is 0 Å². The minimum absolute atomic E-state index is 0.0923. The summed E-state index contributed by atoms with van der Waals surface area (Å²) >= 11 is 0. The molecule has 7 heteroatoms. The van der Waals surface area contributed by atoms with Crippen molar-refractivity contribution < 1.29 is 14.3 Å². The van der Waals surface area contributed by atoms with Crippen LogP contribution in [0.3, 0.4) is 0 Å². The van der Waals surface area contributed by atoms with E-state index < -0.39 is 18.3 Å². The van der Waals surface area contributed by atoms with Gasteiger partial charge in [0.25, 0.3) is 0 Å². The van der Waals surface area contributed by atoms with Gasteiger partial charge in [-0.2, -0.15) is 0 Å². The third kappa shape index (κ3) is 2.77. The summed E-state index contributed by atoms with van der Waals surface area (Å²) in [6.07, 6.45) is -1.50. The molecule has 0 unspecified atom stereocenters. The Hall–Kier alpha value is -1.49. The van der Waals surface area contributed by atoms with Crippen molar-refractivity contribution in [3.63, 3.8) is 0 Å². The molecule has 0 aromatic rings. The van der Waals surface area contributed by atoms with Crippen molar-refractivity contribution in [3.8, 4) is 0 Å². The van der Waals surface area contributed by atoms with Crippen LogP contribution in [-0.4, -0.2) is 29.5 Å². The molecule has 1 rings (SSSR count). The fourth-order valence-electron chi connectivity index (χ4n) is 1.59. The molecule has 1 saturated carbocycles. The minimum atomic E-state index is -1.27. The number of amides is 1. The maximum absolute atomic E-state index is 13.3. The first-order chi connectivity index (χ1) is 6.63. The monoisotopic (exact) mass is 202 g/mol. The lowest BCUT2D eigenvalue weighted by Crippen LogP contribution is -2.45. The van der Waals surface area contributed by atoms with Gasteiger partial charge in [0.05, 0.1) is 6.04 Å². The predicted molar refractivity (Wildman–Crippen MR) is 46.6 cm³/mol. The summed E-state index contributed by atoms with van der Waals surface area (Å²) in [7, 11) is 0. The molecule has 0 aromatic heterocycles. The first-order valence-electron chi connectivity index (χ1n) is 4.31. The summed E-state index contributed by atoms with van der Waals surface area (Å²) < 4.78 is 13.3. The highest BCUT2D eigenvalue weighted by molar-refractivity contribution is 5.64. The maximum atomic E-state index is 13.3. The Bertz CT molecular complexity index is 266. The second-order valence-corrected chi connectivity index (χ2v) is 3.24. The Balaban J connectivity index is 2.47. The molecule has 1 fully saturated rings. The number of nitrogens with zero attached hydrogens (tertiary/aromatic N) is 3. The molecule has 0 aliphatic heterocycles. The van der Waals surface area contributed by atoms with Crippen LogP contribution in [0.1, 0.15) is 19.3 Å². The molecule has 0 bridgehead atoms. The molecule has 2 N–H and O–H groups in total. The average molecular weight is 202 g/mol. The van der Waals surface area contributed by atoms with Crippen LogP contribution in [0.4, 0.5) is 9.18 Å². The van der Waals surface area contributed by atoms with Crippen LogP contribution in [0.15, 0.2) is 5.11 Å². The normalized spacial score (nSPS) is 31.6. The van der Waals surface area contributed by atoms with Crippen molar-refractivity contribution in [3.05, 3.63) is 10.4 Å². The first kappa shape index (κ1) is 10.6. The Morgan fingerprint density at radius 1 is 1.64 bits per heavy atom. The predicted octanol–water partition coefficient (Wildman–Crippen LogP) is 1.82. The Morgan fingerprint density at radius 3 is 2.86 bits per heavy atom. The van der Waals surface area contributed by atoms with Gasteiger partial charge in [0.2, 0.25) is 0 Å². The van der Waals surface area contributed by atoms with Gasteiger partial charge in [-0.05, 0) is 24.8 Å². The summed E-state index contributed by atoms with van der Waals surface area (Å²) in [5, 5.41) is 13.9. The van der Waals surface area contributed by atoms with E-state index in [1.54, 1.807) is 0 Å². The van der Waals surface area contributed by atoms with Gasteiger partial charge >= 0.3 is 6.09 Å². The molecule has 3 atom stereocenters. The zero-order valence-corrected chi connectivity index (χ0v) is 7.43. The molecule has 1 amide bonds. The molecule has 14 heavy (non-hydrogen) atoms. The van der Waals surface area contributed by atoms with E-state index >= 15 is 0 Å². The zero-order valence-electron chi connectivity index (χ0n) is 7.43. The van der Waals surface area contributed by atoms with Crippen LogP contribution in [0.2, 0.25) is 0 Å². The van der Waals surface area contributed by atoms with E-state index in [4.69, 9.17) is 10.6 Å². The number of halogens is 1. The average Bonchev–Trinajstić information content (AvgIpc) is 2.10. The zero-order chi connectivity index (χ0) is 10.6. The van der Waals surface area contributed by atoms with Gasteiger partial charge in [-0.3, -0.25) is 0 Å². The fourth-order valence-corrected chi connectivity index (χ4v) is 1.59. The van der Waals surface area contributed by atoms with E-state index in [2.05, 4.69) is 15.3 Å². The van der Waals surface area contributed by atoms with Crippen LogP contribution < -0.4 is 5.32 Å². The maximum Gasteiger partial charge on any atom is 0.404 e. The molecule has 0 spiro atoms. The van der Waals surface area contributed by atoms with E-state index in [0.29, 0.717) is 12.8 Å². The Morgan fingerprint density at radius 2 is 2.36 bits per heavy atom. The van der Waals surface area contributed by atoms with Gasteiger partial charge in [-0.25, -0.2) is 9.18 Å². The van der Waals surface area contributed by atoms with E-state index in [1.807, 2.05) is 0 Å². The lowest BCUT2D eigenvalue weighted by molar-refractivity contribution is 0.150. The molecule has 6 nitrogen and oxygen atoms in total. The molecule has 78 valence electrons. The number of alkyl halides is 1. The lowest BCUT2D eigenvalue weighted by Gasteiger charge is -2.29. The molecule has 1 aliphatic carbocycles. The standard InChI is InChI=1S/C7H11FN4O2/c8-5-3-4(11-12-9)1-2-6(5)10-7(13)14/h4-6,10H,1-3H2,(H,13,14)/t4-,5+,6-/m1/s1. The van der Waals surface area contributed by atoms with Crippen LogP contribution in [0, 0.1) is 0 Å². The molecule has 0 radical (unpaired) electrons. The summed E-state index contributed by atoms with van der Waals surface area (Å²) in [5.41, 5.74) is 8.14. The summed E-state index contributed by atoms with van der Waals surface area (Å²) in [5.74, 6) is 0. The van der Waals surface area contributed by atoms with Gasteiger partial charge in [-0.1, -0.05) is 5.11 Å². The van der Waals surface area contributed by atoms with Gasteiger partial charge in [0.1, 0.15) is 6.17 Å². The molecule has 1 aliphatic rings. The highest BCUT2D eigenvalue weighted by Gasteiger charge is 2.30. The van der Waals surface area contributed by atoms with E-state index in [-0.39, 0.29) is 12.5 Å². The van der Waals surface area contributed by atoms with E-state index in [9.17, 15) is 9.18 Å². The first-order valence-corrected chi connectivity index (χ1v) is 4.31. The SMILES string of the molecule is [N-]=[N+]=N[C@@H]1CC[C@@H](NC(=O)O)[C@@H](F)C1. The van der Waals surface area contributed by atoms with Gasteiger partial charge in [0.15, 0.2) is 0 Å². The number of nitrogens with one attached hydrogen (secondary N) is 1. The van der Waals surface area contributed by atoms with E-state index in [1.165, 1.54) is 0 Å². The quantitative estimate of drug-likeness (QED) is 0.405. The Labute approximate surface area is 79.7 Å². The van der Waals surface area contributed by atoms with Crippen molar-refractivity contribution in [2.45, 2.75) is 37.5 Å². The smallest absolute Gasteiger partial charge is 0.404 e. The van der Waals surface area contributed by atoms with Crippen molar-refractivity contribution in [2.75, 3.05) is 0 Å². The molecular weight excluding hydrogens is 191 g/mol. The topological polar surface area (TPSA) is 98.1 Å².